The summed E-state index contributed by atoms with van der Waals surface area (Å²) in [5.41, 5.74) is 5.87. The molecule has 2 nitrogen and oxygen atoms in total. The van der Waals surface area contributed by atoms with E-state index in [0.29, 0.717) is 10.6 Å². The van der Waals surface area contributed by atoms with Gasteiger partial charge in [-0.25, -0.2) is 4.39 Å². The van der Waals surface area contributed by atoms with Crippen molar-refractivity contribution in [2.75, 3.05) is 7.11 Å². The second-order valence-corrected chi connectivity index (χ2v) is 4.36. The summed E-state index contributed by atoms with van der Waals surface area (Å²) in [6.45, 7) is 0. The van der Waals surface area contributed by atoms with Gasteiger partial charge in [0, 0.05) is 16.1 Å². The largest absolute Gasteiger partial charge is 0.494 e. The van der Waals surface area contributed by atoms with Crippen LogP contribution < -0.4 is 10.5 Å². The van der Waals surface area contributed by atoms with Crippen LogP contribution in [0.5, 0.6) is 5.75 Å². The van der Waals surface area contributed by atoms with Crippen molar-refractivity contribution in [3.8, 4) is 5.75 Å². The first-order valence-corrected chi connectivity index (χ1v) is 5.27. The quantitative estimate of drug-likeness (QED) is 0.847. The van der Waals surface area contributed by atoms with E-state index in [0.717, 1.165) is 19.3 Å². The molecule has 0 spiro atoms. The fourth-order valence-corrected chi connectivity index (χ4v) is 2.29. The summed E-state index contributed by atoms with van der Waals surface area (Å²) in [7, 11) is 1.43. The summed E-state index contributed by atoms with van der Waals surface area (Å²) >= 11 is 5.98. The Labute approximate surface area is 93.2 Å². The van der Waals surface area contributed by atoms with Crippen molar-refractivity contribution in [1.82, 2.24) is 0 Å². The summed E-state index contributed by atoms with van der Waals surface area (Å²) in [6, 6.07) is 3.15. The molecule has 0 aromatic heterocycles. The molecule has 0 bridgehead atoms. The van der Waals surface area contributed by atoms with E-state index >= 15 is 0 Å². The van der Waals surface area contributed by atoms with Gasteiger partial charge in [0.25, 0.3) is 0 Å². The highest BCUT2D eigenvalue weighted by molar-refractivity contribution is 6.31. The Balaban J connectivity index is 2.53. The lowest BCUT2D eigenvalue weighted by Gasteiger charge is -2.39. The summed E-state index contributed by atoms with van der Waals surface area (Å²) in [6.07, 6.45) is 2.57. The van der Waals surface area contributed by atoms with E-state index in [2.05, 4.69) is 0 Å². The summed E-state index contributed by atoms with van der Waals surface area (Å²) in [5.74, 6) is -0.224. The molecule has 1 aliphatic carbocycles. The van der Waals surface area contributed by atoms with Crippen molar-refractivity contribution < 1.29 is 9.13 Å². The fourth-order valence-electron chi connectivity index (χ4n) is 1.96. The molecule has 0 atom stereocenters. The zero-order valence-electron chi connectivity index (χ0n) is 8.52. The smallest absolute Gasteiger partial charge is 0.171 e. The van der Waals surface area contributed by atoms with Crippen LogP contribution in [0, 0.1) is 5.82 Å². The predicted molar refractivity (Wildman–Crippen MR) is 57.7 cm³/mol. The molecule has 0 aliphatic heterocycles. The monoisotopic (exact) mass is 229 g/mol. The molecule has 0 saturated heterocycles. The van der Waals surface area contributed by atoms with E-state index in [-0.39, 0.29) is 5.75 Å². The molecule has 1 aromatic carbocycles. The Bertz CT molecular complexity index is 390. The van der Waals surface area contributed by atoms with Crippen LogP contribution in [-0.2, 0) is 5.54 Å². The molecule has 1 aromatic rings. The Morgan fingerprint density at radius 2 is 2.13 bits per heavy atom. The SMILES string of the molecule is COc1ccc(Cl)c(C2(N)CCC2)c1F. The highest BCUT2D eigenvalue weighted by atomic mass is 35.5. The summed E-state index contributed by atoms with van der Waals surface area (Å²) in [4.78, 5) is 0. The maximum atomic E-state index is 14.0. The van der Waals surface area contributed by atoms with E-state index < -0.39 is 11.4 Å². The number of hydrogen-bond donors (Lipinski definition) is 1. The number of benzene rings is 1. The standard InChI is InChI=1S/C11H13ClFNO/c1-15-8-4-3-7(12)9(10(8)13)11(14)5-2-6-11/h3-4H,2,5-6,14H2,1H3. The molecular formula is C11H13ClFNO. The number of halogens is 2. The van der Waals surface area contributed by atoms with Crippen LogP contribution in [0.25, 0.3) is 0 Å². The van der Waals surface area contributed by atoms with Crippen LogP contribution in [0.3, 0.4) is 0 Å². The molecule has 0 heterocycles. The molecule has 1 aliphatic rings. The average molecular weight is 230 g/mol. The maximum absolute atomic E-state index is 14.0. The lowest BCUT2D eigenvalue weighted by atomic mass is 9.72. The van der Waals surface area contributed by atoms with Gasteiger partial charge in [0.2, 0.25) is 0 Å². The second kappa shape index (κ2) is 3.65. The molecule has 1 fully saturated rings. The lowest BCUT2D eigenvalue weighted by Crippen LogP contribution is -2.44. The minimum atomic E-state index is -0.601. The topological polar surface area (TPSA) is 35.2 Å². The third-order valence-electron chi connectivity index (χ3n) is 3.02. The highest BCUT2D eigenvalue weighted by Crippen LogP contribution is 2.44. The van der Waals surface area contributed by atoms with E-state index in [9.17, 15) is 4.39 Å². The fraction of sp³-hybridized carbons (Fsp3) is 0.455. The van der Waals surface area contributed by atoms with Crippen LogP contribution in [0.1, 0.15) is 24.8 Å². The number of hydrogen-bond acceptors (Lipinski definition) is 2. The number of rotatable bonds is 2. The Morgan fingerprint density at radius 3 is 2.60 bits per heavy atom. The van der Waals surface area contributed by atoms with Crippen LogP contribution in [0.15, 0.2) is 12.1 Å². The molecule has 15 heavy (non-hydrogen) atoms. The van der Waals surface area contributed by atoms with Gasteiger partial charge >= 0.3 is 0 Å². The third kappa shape index (κ3) is 1.60. The molecular weight excluding hydrogens is 217 g/mol. The van der Waals surface area contributed by atoms with Gasteiger partial charge in [-0.1, -0.05) is 11.6 Å². The number of ether oxygens (including phenoxy) is 1. The molecule has 0 radical (unpaired) electrons. The zero-order valence-corrected chi connectivity index (χ0v) is 9.27. The predicted octanol–water partition coefficient (Wildman–Crippen LogP) is 2.83. The normalized spacial score (nSPS) is 18.4. The lowest BCUT2D eigenvalue weighted by molar-refractivity contribution is 0.242. The van der Waals surface area contributed by atoms with Crippen LogP contribution in [0.2, 0.25) is 5.02 Å². The summed E-state index contributed by atoms with van der Waals surface area (Å²) in [5, 5.41) is 0.385. The maximum Gasteiger partial charge on any atom is 0.171 e. The van der Waals surface area contributed by atoms with Gasteiger partial charge < -0.3 is 10.5 Å². The van der Waals surface area contributed by atoms with E-state index in [1.165, 1.54) is 13.2 Å². The molecule has 4 heteroatoms. The second-order valence-electron chi connectivity index (χ2n) is 3.95. The molecule has 0 unspecified atom stereocenters. The molecule has 0 amide bonds. The van der Waals surface area contributed by atoms with Crippen LogP contribution >= 0.6 is 11.6 Å². The van der Waals surface area contributed by atoms with Gasteiger partial charge in [-0.3, -0.25) is 0 Å². The average Bonchev–Trinajstić information content (AvgIpc) is 2.15. The Kier molecular flexibility index (Phi) is 2.61. The van der Waals surface area contributed by atoms with Crippen molar-refractivity contribution in [3.05, 3.63) is 28.5 Å². The van der Waals surface area contributed by atoms with E-state index in [1.807, 2.05) is 0 Å². The van der Waals surface area contributed by atoms with Gasteiger partial charge in [-0.15, -0.1) is 0 Å². The van der Waals surface area contributed by atoms with E-state index in [4.69, 9.17) is 22.1 Å². The van der Waals surface area contributed by atoms with Gasteiger partial charge in [0.1, 0.15) is 0 Å². The van der Waals surface area contributed by atoms with Crippen molar-refractivity contribution in [3.63, 3.8) is 0 Å². The Hall–Kier alpha value is -0.800. The number of nitrogens with two attached hydrogens (primary N) is 1. The molecule has 1 saturated carbocycles. The molecule has 2 rings (SSSR count). The third-order valence-corrected chi connectivity index (χ3v) is 3.33. The Morgan fingerprint density at radius 1 is 1.47 bits per heavy atom. The first-order chi connectivity index (χ1) is 7.08. The van der Waals surface area contributed by atoms with Crippen LogP contribution in [0.4, 0.5) is 4.39 Å². The number of methoxy groups -OCH3 is 1. The van der Waals surface area contributed by atoms with Crippen molar-refractivity contribution in [2.45, 2.75) is 24.8 Å². The van der Waals surface area contributed by atoms with Gasteiger partial charge in [-0.2, -0.15) is 0 Å². The highest BCUT2D eigenvalue weighted by Gasteiger charge is 2.39. The van der Waals surface area contributed by atoms with E-state index in [1.54, 1.807) is 6.07 Å². The first-order valence-electron chi connectivity index (χ1n) is 4.90. The zero-order chi connectivity index (χ0) is 11.1. The summed E-state index contributed by atoms with van der Waals surface area (Å²) < 4.78 is 18.9. The van der Waals surface area contributed by atoms with Gasteiger partial charge in [0.15, 0.2) is 11.6 Å². The van der Waals surface area contributed by atoms with Crippen LogP contribution in [-0.4, -0.2) is 7.11 Å². The molecule has 82 valence electrons. The van der Waals surface area contributed by atoms with Gasteiger partial charge in [-0.05, 0) is 31.4 Å². The van der Waals surface area contributed by atoms with Crippen molar-refractivity contribution in [2.24, 2.45) is 5.73 Å². The van der Waals surface area contributed by atoms with Crippen molar-refractivity contribution in [1.29, 1.82) is 0 Å². The van der Waals surface area contributed by atoms with Gasteiger partial charge in [0.05, 0.1) is 7.11 Å². The first kappa shape index (κ1) is 10.7. The minimum Gasteiger partial charge on any atom is -0.494 e. The minimum absolute atomic E-state index is 0.200. The van der Waals surface area contributed by atoms with Crippen molar-refractivity contribution >= 4 is 11.6 Å². The molecule has 2 N–H and O–H groups in total.